The molecule has 92 valence electrons. The molecule has 0 heterocycles. The first-order valence-electron chi connectivity index (χ1n) is 5.46. The van der Waals surface area contributed by atoms with Gasteiger partial charge in [-0.1, -0.05) is 6.92 Å². The molecule has 0 aliphatic heterocycles. The van der Waals surface area contributed by atoms with Gasteiger partial charge in [-0.25, -0.2) is 8.78 Å². The molecule has 0 saturated heterocycles. The molecule has 2 nitrogen and oxygen atoms in total. The zero-order valence-electron chi connectivity index (χ0n) is 10.1. The molecule has 0 amide bonds. The maximum Gasteiger partial charge on any atom is 0.136 e. The standard InChI is InChI=1S/C11H23F2NO/c1-5-9(12)7-15-8-10(13)6-14-11(2,3)4/h9-10,14H,5-8H2,1-4H3. The minimum atomic E-state index is -1.08. The van der Waals surface area contributed by atoms with E-state index in [0.717, 1.165) is 0 Å². The van der Waals surface area contributed by atoms with Gasteiger partial charge in [-0.05, 0) is 27.2 Å². The van der Waals surface area contributed by atoms with Crippen molar-refractivity contribution in [1.29, 1.82) is 0 Å². The van der Waals surface area contributed by atoms with Gasteiger partial charge < -0.3 is 10.1 Å². The van der Waals surface area contributed by atoms with Crippen LogP contribution in [-0.4, -0.2) is 37.6 Å². The van der Waals surface area contributed by atoms with Gasteiger partial charge in [-0.3, -0.25) is 0 Å². The second-order valence-electron chi connectivity index (χ2n) is 4.77. The van der Waals surface area contributed by atoms with Crippen LogP contribution in [0.4, 0.5) is 8.78 Å². The quantitative estimate of drug-likeness (QED) is 0.716. The largest absolute Gasteiger partial charge is 0.375 e. The first-order chi connectivity index (χ1) is 6.85. The van der Waals surface area contributed by atoms with Crippen LogP contribution in [0.5, 0.6) is 0 Å². The Balaban J connectivity index is 3.45. The molecule has 1 N–H and O–H groups in total. The van der Waals surface area contributed by atoms with Crippen LogP contribution in [0.2, 0.25) is 0 Å². The Morgan fingerprint density at radius 2 is 1.67 bits per heavy atom. The molecule has 0 saturated carbocycles. The topological polar surface area (TPSA) is 21.3 Å². The molecule has 0 aromatic heterocycles. The van der Waals surface area contributed by atoms with Crippen molar-refractivity contribution in [2.45, 2.75) is 52.0 Å². The van der Waals surface area contributed by atoms with Crippen LogP contribution in [-0.2, 0) is 4.74 Å². The molecule has 0 rings (SSSR count). The van der Waals surface area contributed by atoms with Crippen molar-refractivity contribution < 1.29 is 13.5 Å². The van der Waals surface area contributed by atoms with E-state index in [2.05, 4.69) is 5.32 Å². The van der Waals surface area contributed by atoms with E-state index in [1.807, 2.05) is 20.8 Å². The number of alkyl halides is 2. The highest BCUT2D eigenvalue weighted by Gasteiger charge is 2.14. The molecular formula is C11H23F2NO. The lowest BCUT2D eigenvalue weighted by Crippen LogP contribution is -2.41. The molecule has 0 aliphatic carbocycles. The van der Waals surface area contributed by atoms with Crippen LogP contribution < -0.4 is 5.32 Å². The number of hydrogen-bond acceptors (Lipinski definition) is 2. The van der Waals surface area contributed by atoms with Crippen LogP contribution in [0.1, 0.15) is 34.1 Å². The molecule has 4 heteroatoms. The Labute approximate surface area is 91.4 Å². The van der Waals surface area contributed by atoms with E-state index < -0.39 is 12.3 Å². The SMILES string of the molecule is CCC(F)COCC(F)CNC(C)(C)C. The van der Waals surface area contributed by atoms with E-state index in [9.17, 15) is 8.78 Å². The smallest absolute Gasteiger partial charge is 0.136 e. The summed E-state index contributed by atoms with van der Waals surface area (Å²) in [4.78, 5) is 0. The van der Waals surface area contributed by atoms with Gasteiger partial charge in [0.05, 0.1) is 13.2 Å². The number of rotatable bonds is 7. The lowest BCUT2D eigenvalue weighted by molar-refractivity contribution is 0.0428. The highest BCUT2D eigenvalue weighted by Crippen LogP contribution is 2.02. The van der Waals surface area contributed by atoms with Gasteiger partial charge in [0.25, 0.3) is 0 Å². The first-order valence-corrected chi connectivity index (χ1v) is 5.46. The van der Waals surface area contributed by atoms with E-state index in [1.54, 1.807) is 6.92 Å². The van der Waals surface area contributed by atoms with Crippen LogP contribution in [0.15, 0.2) is 0 Å². The fourth-order valence-electron chi connectivity index (χ4n) is 0.918. The summed E-state index contributed by atoms with van der Waals surface area (Å²) in [6.45, 7) is 7.84. The Hall–Kier alpha value is -0.220. The van der Waals surface area contributed by atoms with Gasteiger partial charge in [-0.2, -0.15) is 0 Å². The van der Waals surface area contributed by atoms with Gasteiger partial charge in [0, 0.05) is 12.1 Å². The Bertz CT molecular complexity index is 159. The van der Waals surface area contributed by atoms with Crippen molar-refractivity contribution in [3.05, 3.63) is 0 Å². The number of ether oxygens (including phenoxy) is 1. The van der Waals surface area contributed by atoms with Crippen LogP contribution in [0, 0.1) is 0 Å². The average Bonchev–Trinajstić information content (AvgIpc) is 2.13. The van der Waals surface area contributed by atoms with E-state index >= 15 is 0 Å². The molecule has 0 bridgehead atoms. The molecule has 0 fully saturated rings. The third-order valence-electron chi connectivity index (χ3n) is 1.89. The maximum atomic E-state index is 13.2. The van der Waals surface area contributed by atoms with Crippen LogP contribution in [0.3, 0.4) is 0 Å². The van der Waals surface area contributed by atoms with Gasteiger partial charge in [0.1, 0.15) is 12.3 Å². The third kappa shape index (κ3) is 10.1. The second-order valence-corrected chi connectivity index (χ2v) is 4.77. The minimum absolute atomic E-state index is 0.00750. The molecule has 0 aliphatic rings. The molecule has 2 atom stereocenters. The van der Waals surface area contributed by atoms with E-state index in [-0.39, 0.29) is 25.3 Å². The summed E-state index contributed by atoms with van der Waals surface area (Å²) in [5.74, 6) is 0. The summed E-state index contributed by atoms with van der Waals surface area (Å²) in [5.41, 5.74) is -0.101. The summed E-state index contributed by atoms with van der Waals surface area (Å²) in [5, 5.41) is 3.02. The van der Waals surface area contributed by atoms with Crippen LogP contribution in [0.25, 0.3) is 0 Å². The lowest BCUT2D eigenvalue weighted by atomic mass is 10.1. The summed E-state index contributed by atoms with van der Waals surface area (Å²) >= 11 is 0. The summed E-state index contributed by atoms with van der Waals surface area (Å²) in [6, 6.07) is 0. The third-order valence-corrected chi connectivity index (χ3v) is 1.89. The fourth-order valence-corrected chi connectivity index (χ4v) is 0.918. The zero-order valence-corrected chi connectivity index (χ0v) is 10.1. The fraction of sp³-hybridized carbons (Fsp3) is 1.00. The number of halogens is 2. The van der Waals surface area contributed by atoms with Crippen molar-refractivity contribution >= 4 is 0 Å². The summed E-state index contributed by atoms with van der Waals surface area (Å²) in [7, 11) is 0. The number of nitrogens with one attached hydrogen (secondary N) is 1. The maximum absolute atomic E-state index is 13.2. The lowest BCUT2D eigenvalue weighted by Gasteiger charge is -2.22. The molecular weight excluding hydrogens is 200 g/mol. The van der Waals surface area contributed by atoms with Gasteiger partial charge >= 0.3 is 0 Å². The van der Waals surface area contributed by atoms with Gasteiger partial charge in [-0.15, -0.1) is 0 Å². The first kappa shape index (κ1) is 14.8. The summed E-state index contributed by atoms with van der Waals surface area (Å²) in [6.07, 6.45) is -1.64. The van der Waals surface area contributed by atoms with Crippen molar-refractivity contribution in [2.75, 3.05) is 19.8 Å². The monoisotopic (exact) mass is 223 g/mol. The predicted molar refractivity (Wildman–Crippen MR) is 58.7 cm³/mol. The Kier molecular flexibility index (Phi) is 7.02. The van der Waals surface area contributed by atoms with Gasteiger partial charge in [0.15, 0.2) is 0 Å². The average molecular weight is 223 g/mol. The Morgan fingerprint density at radius 3 is 2.13 bits per heavy atom. The molecule has 2 unspecified atom stereocenters. The van der Waals surface area contributed by atoms with Crippen molar-refractivity contribution in [3.63, 3.8) is 0 Å². The molecule has 15 heavy (non-hydrogen) atoms. The summed E-state index contributed by atoms with van der Waals surface area (Å²) < 4.78 is 30.8. The molecule has 0 aromatic rings. The van der Waals surface area contributed by atoms with Crippen molar-refractivity contribution in [1.82, 2.24) is 5.32 Å². The molecule has 0 spiro atoms. The van der Waals surface area contributed by atoms with E-state index in [0.29, 0.717) is 6.42 Å². The minimum Gasteiger partial charge on any atom is -0.375 e. The van der Waals surface area contributed by atoms with E-state index in [1.165, 1.54) is 0 Å². The van der Waals surface area contributed by atoms with E-state index in [4.69, 9.17) is 4.74 Å². The highest BCUT2D eigenvalue weighted by atomic mass is 19.1. The number of hydrogen-bond donors (Lipinski definition) is 1. The second kappa shape index (κ2) is 7.12. The normalized spacial score (nSPS) is 16.4. The highest BCUT2D eigenvalue weighted by molar-refractivity contribution is 4.72. The van der Waals surface area contributed by atoms with Crippen molar-refractivity contribution in [2.24, 2.45) is 0 Å². The Morgan fingerprint density at radius 1 is 1.13 bits per heavy atom. The molecule has 0 aromatic carbocycles. The van der Waals surface area contributed by atoms with Gasteiger partial charge in [0.2, 0.25) is 0 Å². The molecule has 0 radical (unpaired) electrons. The van der Waals surface area contributed by atoms with Crippen LogP contribution >= 0.6 is 0 Å². The zero-order chi connectivity index (χ0) is 11.9. The van der Waals surface area contributed by atoms with Crippen molar-refractivity contribution in [3.8, 4) is 0 Å². The predicted octanol–water partition coefficient (Wildman–Crippen LogP) is 2.48.